The summed E-state index contributed by atoms with van der Waals surface area (Å²) < 4.78 is 79.4. The van der Waals surface area contributed by atoms with Crippen LogP contribution >= 0.6 is 11.6 Å². The summed E-state index contributed by atoms with van der Waals surface area (Å²) >= 11 is 6.09. The molecule has 0 amide bonds. The van der Waals surface area contributed by atoms with E-state index in [0.29, 0.717) is 17.6 Å². The Morgan fingerprint density at radius 3 is 2.00 bits per heavy atom. The Balaban J connectivity index is 2.23. The maximum absolute atomic E-state index is 13.1. The van der Waals surface area contributed by atoms with Crippen molar-refractivity contribution in [1.29, 1.82) is 0 Å². The minimum atomic E-state index is -6.01. The molecular weight excluding hydrogens is 438 g/mol. The van der Waals surface area contributed by atoms with Gasteiger partial charge in [-0.25, -0.2) is 4.98 Å². The quantitative estimate of drug-likeness (QED) is 0.451. The Hall–Kier alpha value is -2.59. The van der Waals surface area contributed by atoms with Crippen LogP contribution in [0.3, 0.4) is 0 Å². The van der Waals surface area contributed by atoms with Crippen molar-refractivity contribution in [3.8, 4) is 5.69 Å². The third-order valence-corrected chi connectivity index (χ3v) is 4.72. The molecule has 0 saturated carbocycles. The molecule has 0 aliphatic rings. The third-order valence-electron chi connectivity index (χ3n) is 4.52. The van der Waals surface area contributed by atoms with E-state index in [2.05, 4.69) is 4.98 Å². The van der Waals surface area contributed by atoms with Crippen molar-refractivity contribution < 1.29 is 31.4 Å². The lowest BCUT2D eigenvalue weighted by molar-refractivity contribution is -0.376. The van der Waals surface area contributed by atoms with Gasteiger partial charge in [-0.3, -0.25) is 9.36 Å². The smallest absolute Gasteiger partial charge is 0.369 e. The summed E-state index contributed by atoms with van der Waals surface area (Å²) in [6.07, 6.45) is -12.0. The largest absolute Gasteiger partial charge is 0.430 e. The van der Waals surface area contributed by atoms with Gasteiger partial charge >= 0.3 is 12.4 Å². The average molecular weight is 451 g/mol. The summed E-state index contributed by atoms with van der Waals surface area (Å²) in [5.41, 5.74) is -6.82. The second kappa shape index (κ2) is 7.28. The van der Waals surface area contributed by atoms with Crippen molar-refractivity contribution >= 4 is 22.5 Å². The standard InChI is InChI=1S/C19H13ClF6N2O2/c1-10(20)15-27-14-5-3-2-4-13(14)16(29)28(15)12-8-6-11(7-9-12)17(30,18(21,22)23)19(24,25)26/h2-10,30H,1H3. The number of hydrogen-bond acceptors (Lipinski definition) is 3. The molecule has 3 aromatic rings. The molecule has 160 valence electrons. The predicted molar refractivity (Wildman–Crippen MR) is 97.6 cm³/mol. The summed E-state index contributed by atoms with van der Waals surface area (Å²) in [5.74, 6) is 0.0509. The van der Waals surface area contributed by atoms with Crippen LogP contribution in [-0.4, -0.2) is 27.0 Å². The molecule has 1 aromatic heterocycles. The molecule has 1 heterocycles. The first-order valence-electron chi connectivity index (χ1n) is 8.41. The van der Waals surface area contributed by atoms with E-state index in [1.54, 1.807) is 18.2 Å². The zero-order valence-corrected chi connectivity index (χ0v) is 15.8. The van der Waals surface area contributed by atoms with Crippen molar-refractivity contribution in [2.75, 3.05) is 0 Å². The van der Waals surface area contributed by atoms with Crippen LogP contribution < -0.4 is 5.56 Å². The molecule has 0 radical (unpaired) electrons. The highest BCUT2D eigenvalue weighted by molar-refractivity contribution is 6.20. The van der Waals surface area contributed by atoms with Gasteiger partial charge in [0.15, 0.2) is 0 Å². The summed E-state index contributed by atoms with van der Waals surface area (Å²) in [5, 5.41) is 8.89. The van der Waals surface area contributed by atoms with Crippen LogP contribution in [0.25, 0.3) is 16.6 Å². The topological polar surface area (TPSA) is 55.1 Å². The fraction of sp³-hybridized carbons (Fsp3) is 0.263. The van der Waals surface area contributed by atoms with Gasteiger partial charge in [0, 0.05) is 5.56 Å². The zero-order valence-electron chi connectivity index (χ0n) is 15.1. The number of fused-ring (bicyclic) bond motifs is 1. The highest BCUT2D eigenvalue weighted by atomic mass is 35.5. The van der Waals surface area contributed by atoms with Gasteiger partial charge in [0.1, 0.15) is 5.82 Å². The number of para-hydroxylation sites is 1. The van der Waals surface area contributed by atoms with Crippen LogP contribution in [-0.2, 0) is 5.60 Å². The first-order valence-corrected chi connectivity index (χ1v) is 8.85. The molecule has 0 fully saturated rings. The van der Waals surface area contributed by atoms with Crippen molar-refractivity contribution in [3.63, 3.8) is 0 Å². The van der Waals surface area contributed by atoms with Crippen molar-refractivity contribution in [2.24, 2.45) is 0 Å². The molecule has 0 bridgehead atoms. The van der Waals surface area contributed by atoms with Crippen LogP contribution in [0.2, 0.25) is 0 Å². The minimum Gasteiger partial charge on any atom is -0.369 e. The van der Waals surface area contributed by atoms with E-state index in [0.717, 1.165) is 16.7 Å². The number of alkyl halides is 7. The van der Waals surface area contributed by atoms with Crippen molar-refractivity contribution in [2.45, 2.75) is 30.3 Å². The van der Waals surface area contributed by atoms with E-state index in [1.165, 1.54) is 13.0 Å². The second-order valence-corrected chi connectivity index (χ2v) is 7.15. The number of hydrogen-bond donors (Lipinski definition) is 1. The zero-order chi connectivity index (χ0) is 22.5. The first kappa shape index (κ1) is 22.1. The summed E-state index contributed by atoms with van der Waals surface area (Å²) in [7, 11) is 0. The van der Waals surface area contributed by atoms with Crippen LogP contribution in [0.5, 0.6) is 0 Å². The van der Waals surface area contributed by atoms with Gasteiger partial charge in [0.05, 0.1) is 22.0 Å². The lowest BCUT2D eigenvalue weighted by Crippen LogP contribution is -2.53. The van der Waals surface area contributed by atoms with E-state index in [1.807, 2.05) is 0 Å². The minimum absolute atomic E-state index is 0.0509. The highest BCUT2D eigenvalue weighted by Crippen LogP contribution is 2.50. The Morgan fingerprint density at radius 2 is 1.50 bits per heavy atom. The third kappa shape index (κ3) is 3.43. The molecule has 1 unspecified atom stereocenters. The van der Waals surface area contributed by atoms with Gasteiger partial charge in [0.2, 0.25) is 0 Å². The SMILES string of the molecule is CC(Cl)c1nc2ccccc2c(=O)n1-c1ccc(C(O)(C(F)(F)F)C(F)(F)F)cc1. The lowest BCUT2D eigenvalue weighted by atomic mass is 9.92. The molecule has 4 nitrogen and oxygen atoms in total. The molecule has 11 heteroatoms. The number of halogens is 7. The molecule has 1 atom stereocenters. The molecule has 0 aliphatic carbocycles. The average Bonchev–Trinajstić information content (AvgIpc) is 2.65. The normalized spacial score (nSPS) is 14.2. The van der Waals surface area contributed by atoms with Crippen molar-refractivity contribution in [3.05, 3.63) is 70.3 Å². The summed E-state index contributed by atoms with van der Waals surface area (Å²) in [6, 6.07) is 8.91. The summed E-state index contributed by atoms with van der Waals surface area (Å²) in [4.78, 5) is 17.2. The van der Waals surface area contributed by atoms with Gasteiger partial charge in [-0.15, -0.1) is 11.6 Å². The molecule has 3 rings (SSSR count). The maximum Gasteiger partial charge on any atom is 0.430 e. The Bertz CT molecular complexity index is 1120. The van der Waals surface area contributed by atoms with Crippen LogP contribution in [0.15, 0.2) is 53.3 Å². The Kier molecular flexibility index (Phi) is 5.36. The Morgan fingerprint density at radius 1 is 0.967 bits per heavy atom. The highest BCUT2D eigenvalue weighted by Gasteiger charge is 2.71. The van der Waals surface area contributed by atoms with Crippen LogP contribution in [0.1, 0.15) is 23.7 Å². The number of aliphatic hydroxyl groups is 1. The van der Waals surface area contributed by atoms with Crippen LogP contribution in [0.4, 0.5) is 26.3 Å². The molecule has 2 aromatic carbocycles. The second-order valence-electron chi connectivity index (χ2n) is 6.50. The monoisotopic (exact) mass is 450 g/mol. The number of aromatic nitrogens is 2. The van der Waals surface area contributed by atoms with Gasteiger partial charge in [-0.1, -0.05) is 24.3 Å². The van der Waals surface area contributed by atoms with E-state index < -0.39 is 34.5 Å². The fourth-order valence-corrected chi connectivity index (χ4v) is 3.15. The van der Waals surface area contributed by atoms with E-state index in [-0.39, 0.29) is 16.9 Å². The molecule has 0 aliphatic heterocycles. The molecular formula is C19H13ClF6N2O2. The molecule has 0 spiro atoms. The molecule has 1 N–H and O–H groups in total. The van der Waals surface area contributed by atoms with E-state index in [4.69, 9.17) is 11.6 Å². The van der Waals surface area contributed by atoms with E-state index in [9.17, 15) is 36.2 Å². The van der Waals surface area contributed by atoms with Gasteiger partial charge < -0.3 is 5.11 Å². The molecule has 30 heavy (non-hydrogen) atoms. The van der Waals surface area contributed by atoms with Crippen LogP contribution in [0, 0.1) is 0 Å². The fourth-order valence-electron chi connectivity index (χ4n) is 3.01. The number of benzene rings is 2. The molecule has 0 saturated heterocycles. The van der Waals surface area contributed by atoms with Gasteiger partial charge in [0.25, 0.3) is 11.2 Å². The Labute approximate surface area is 170 Å². The first-order chi connectivity index (χ1) is 13.8. The van der Waals surface area contributed by atoms with Crippen molar-refractivity contribution in [1.82, 2.24) is 9.55 Å². The number of nitrogens with zero attached hydrogens (tertiary/aromatic N) is 2. The van der Waals surface area contributed by atoms with E-state index >= 15 is 0 Å². The summed E-state index contributed by atoms with van der Waals surface area (Å²) in [6.45, 7) is 1.51. The lowest BCUT2D eigenvalue weighted by Gasteiger charge is -2.32. The van der Waals surface area contributed by atoms with Gasteiger partial charge in [-0.2, -0.15) is 26.3 Å². The number of rotatable bonds is 3. The predicted octanol–water partition coefficient (Wildman–Crippen LogP) is 5.00. The van der Waals surface area contributed by atoms with Gasteiger partial charge in [-0.05, 0) is 31.2 Å². The maximum atomic E-state index is 13.1.